The molecule has 0 amide bonds. The van der Waals surface area contributed by atoms with Crippen LogP contribution < -0.4 is 21.1 Å². The molecule has 4 aromatic rings. The highest BCUT2D eigenvalue weighted by Gasteiger charge is 2.12. The smallest absolute Gasteiger partial charge is 0.189 e. The summed E-state index contributed by atoms with van der Waals surface area (Å²) in [5.74, 6) is 2.45. The quantitative estimate of drug-likeness (QED) is 0.479. The van der Waals surface area contributed by atoms with Crippen molar-refractivity contribution in [2.75, 3.05) is 23.5 Å². The van der Waals surface area contributed by atoms with Gasteiger partial charge < -0.3 is 21.1 Å². The molecule has 0 saturated carbocycles. The fourth-order valence-corrected chi connectivity index (χ4v) is 3.40. The van der Waals surface area contributed by atoms with Gasteiger partial charge >= 0.3 is 0 Å². The van der Waals surface area contributed by atoms with Gasteiger partial charge in [-0.2, -0.15) is 0 Å². The summed E-state index contributed by atoms with van der Waals surface area (Å²) >= 11 is 1.49. The first kappa shape index (κ1) is 17.0. The Kier molecular flexibility index (Phi) is 4.43. The third-order valence-electron chi connectivity index (χ3n) is 3.95. The van der Waals surface area contributed by atoms with Crippen molar-refractivity contribution in [1.82, 2.24) is 19.9 Å². The first-order chi connectivity index (χ1) is 13.1. The molecule has 9 heteroatoms. The Morgan fingerprint density at radius 2 is 1.85 bits per heavy atom. The summed E-state index contributed by atoms with van der Waals surface area (Å²) in [6.45, 7) is 1.96. The average Bonchev–Trinajstić information content (AvgIpc) is 3.08. The monoisotopic (exact) mass is 379 g/mol. The summed E-state index contributed by atoms with van der Waals surface area (Å²) in [6.07, 6.45) is 3.15. The Bertz CT molecular complexity index is 1110. The van der Waals surface area contributed by atoms with Crippen molar-refractivity contribution in [3.05, 3.63) is 48.4 Å². The van der Waals surface area contributed by atoms with E-state index in [0.717, 1.165) is 21.5 Å². The number of hydrogen-bond donors (Lipinski definition) is 3. The molecule has 0 atom stereocenters. The van der Waals surface area contributed by atoms with Gasteiger partial charge in [0.2, 0.25) is 0 Å². The fraction of sp³-hybridized carbons (Fsp3) is 0.111. The molecule has 0 spiro atoms. The second-order valence-electron chi connectivity index (χ2n) is 5.76. The zero-order valence-corrected chi connectivity index (χ0v) is 15.5. The van der Waals surface area contributed by atoms with Crippen LogP contribution in [0.15, 0.2) is 42.9 Å². The molecule has 27 heavy (non-hydrogen) atoms. The van der Waals surface area contributed by atoms with Gasteiger partial charge in [0.05, 0.1) is 17.3 Å². The molecule has 136 valence electrons. The maximum atomic E-state index is 6.25. The van der Waals surface area contributed by atoms with Crippen molar-refractivity contribution in [3.8, 4) is 5.75 Å². The number of methoxy groups -OCH3 is 1. The van der Waals surface area contributed by atoms with E-state index in [1.807, 2.05) is 37.3 Å². The van der Waals surface area contributed by atoms with Gasteiger partial charge in [-0.3, -0.25) is 0 Å². The van der Waals surface area contributed by atoms with Crippen molar-refractivity contribution in [2.45, 2.75) is 6.92 Å². The lowest BCUT2D eigenvalue weighted by atomic mass is 10.3. The van der Waals surface area contributed by atoms with Crippen molar-refractivity contribution in [1.29, 1.82) is 0 Å². The zero-order valence-electron chi connectivity index (χ0n) is 14.7. The molecule has 0 radical (unpaired) electrons. The van der Waals surface area contributed by atoms with Gasteiger partial charge in [0.25, 0.3) is 0 Å². The molecule has 0 fully saturated rings. The second kappa shape index (κ2) is 7.04. The molecule has 0 aliphatic carbocycles. The van der Waals surface area contributed by atoms with Crippen LogP contribution in [0.3, 0.4) is 0 Å². The minimum absolute atomic E-state index is 0.388. The molecule has 4 rings (SSSR count). The fourth-order valence-electron chi connectivity index (χ4n) is 2.51. The van der Waals surface area contributed by atoms with Gasteiger partial charge in [-0.05, 0) is 36.8 Å². The third kappa shape index (κ3) is 3.44. The lowest BCUT2D eigenvalue weighted by molar-refractivity contribution is 0.415. The Balaban J connectivity index is 1.62. The number of pyridine rings is 1. The van der Waals surface area contributed by atoms with E-state index in [0.29, 0.717) is 28.3 Å². The van der Waals surface area contributed by atoms with Crippen LogP contribution in [-0.2, 0) is 0 Å². The second-order valence-corrected chi connectivity index (χ2v) is 6.79. The molecular weight excluding hydrogens is 362 g/mol. The van der Waals surface area contributed by atoms with E-state index >= 15 is 0 Å². The predicted octanol–water partition coefficient (Wildman–Crippen LogP) is 3.87. The van der Waals surface area contributed by atoms with Gasteiger partial charge in [-0.15, -0.1) is 0 Å². The molecule has 3 aromatic heterocycles. The number of fused-ring (bicyclic) bond motifs is 1. The van der Waals surface area contributed by atoms with Crippen LogP contribution in [0.4, 0.5) is 28.3 Å². The van der Waals surface area contributed by atoms with Gasteiger partial charge in [0, 0.05) is 6.20 Å². The summed E-state index contributed by atoms with van der Waals surface area (Å²) < 4.78 is 6.26. The number of ether oxygens (including phenoxy) is 1. The van der Waals surface area contributed by atoms with Crippen molar-refractivity contribution >= 4 is 49.8 Å². The Hall–Kier alpha value is -3.46. The molecule has 8 nitrogen and oxygen atoms in total. The van der Waals surface area contributed by atoms with Crippen LogP contribution in [-0.4, -0.2) is 27.0 Å². The number of aromatic nitrogens is 4. The number of nitrogen functional groups attached to an aromatic ring is 1. The number of rotatable bonds is 5. The lowest BCUT2D eigenvalue weighted by Crippen LogP contribution is -2.06. The molecule has 0 aliphatic heterocycles. The average molecular weight is 379 g/mol. The zero-order chi connectivity index (χ0) is 18.8. The van der Waals surface area contributed by atoms with E-state index in [2.05, 4.69) is 30.6 Å². The number of nitrogens with zero attached hydrogens (tertiary/aromatic N) is 4. The Labute approximate surface area is 159 Å². The highest BCUT2D eigenvalue weighted by molar-refractivity contribution is 7.22. The highest BCUT2D eigenvalue weighted by atomic mass is 32.1. The van der Waals surface area contributed by atoms with Crippen LogP contribution in [0, 0.1) is 6.92 Å². The van der Waals surface area contributed by atoms with E-state index in [9.17, 15) is 0 Å². The van der Waals surface area contributed by atoms with Crippen LogP contribution in [0.1, 0.15) is 5.56 Å². The summed E-state index contributed by atoms with van der Waals surface area (Å²) in [5, 5.41) is 7.00. The highest BCUT2D eigenvalue weighted by Crippen LogP contribution is 2.33. The molecule has 0 saturated heterocycles. The standard InChI is InChI=1S/C18H17N7OS/c1-10-4-3-7-20-15(10)24-16-14(19)17(22-9-21-16)25-18-23-12-6-5-11(26-2)8-13(12)27-18/h3-9H,19H2,1-2H3,(H2,20,21,22,23,24,25). The normalized spacial score (nSPS) is 10.7. The van der Waals surface area contributed by atoms with E-state index in [4.69, 9.17) is 10.5 Å². The molecule has 0 bridgehead atoms. The molecule has 0 unspecified atom stereocenters. The number of nitrogens with two attached hydrogens (primary N) is 1. The van der Waals surface area contributed by atoms with Crippen LogP contribution >= 0.6 is 11.3 Å². The van der Waals surface area contributed by atoms with Gasteiger partial charge in [-0.25, -0.2) is 19.9 Å². The van der Waals surface area contributed by atoms with Gasteiger partial charge in [0.1, 0.15) is 23.6 Å². The predicted molar refractivity (Wildman–Crippen MR) is 108 cm³/mol. The van der Waals surface area contributed by atoms with Gasteiger partial charge in [-0.1, -0.05) is 17.4 Å². The number of anilines is 5. The third-order valence-corrected chi connectivity index (χ3v) is 4.88. The Morgan fingerprint density at radius 1 is 1.04 bits per heavy atom. The van der Waals surface area contributed by atoms with E-state index < -0.39 is 0 Å². The van der Waals surface area contributed by atoms with E-state index in [-0.39, 0.29) is 0 Å². The molecule has 1 aromatic carbocycles. The van der Waals surface area contributed by atoms with E-state index in [1.54, 1.807) is 13.3 Å². The lowest BCUT2D eigenvalue weighted by Gasteiger charge is -2.12. The summed E-state index contributed by atoms with van der Waals surface area (Å²) in [6, 6.07) is 9.57. The molecule has 3 heterocycles. The largest absolute Gasteiger partial charge is 0.497 e. The van der Waals surface area contributed by atoms with Crippen LogP contribution in [0.25, 0.3) is 10.2 Å². The first-order valence-electron chi connectivity index (χ1n) is 8.15. The SMILES string of the molecule is COc1ccc2nc(Nc3ncnc(Nc4ncccc4C)c3N)sc2c1. The minimum Gasteiger partial charge on any atom is -0.497 e. The summed E-state index contributed by atoms with van der Waals surface area (Å²) in [5.41, 5.74) is 8.50. The number of benzene rings is 1. The van der Waals surface area contributed by atoms with Crippen molar-refractivity contribution in [2.24, 2.45) is 0 Å². The Morgan fingerprint density at radius 3 is 2.63 bits per heavy atom. The molecule has 4 N–H and O–H groups in total. The minimum atomic E-state index is 0.388. The van der Waals surface area contributed by atoms with E-state index in [1.165, 1.54) is 17.7 Å². The van der Waals surface area contributed by atoms with Gasteiger partial charge in [0.15, 0.2) is 16.8 Å². The van der Waals surface area contributed by atoms with Crippen molar-refractivity contribution in [3.63, 3.8) is 0 Å². The molecular formula is C18H17N7OS. The van der Waals surface area contributed by atoms with Crippen molar-refractivity contribution < 1.29 is 4.74 Å². The number of thiazole rings is 1. The summed E-state index contributed by atoms with van der Waals surface area (Å²) in [7, 11) is 1.64. The number of nitrogens with one attached hydrogen (secondary N) is 2. The molecule has 0 aliphatic rings. The maximum absolute atomic E-state index is 6.25. The van der Waals surface area contributed by atoms with Crippen LogP contribution in [0.5, 0.6) is 5.75 Å². The maximum Gasteiger partial charge on any atom is 0.189 e. The number of aryl methyl sites for hydroxylation is 1. The first-order valence-corrected chi connectivity index (χ1v) is 8.96. The van der Waals surface area contributed by atoms with Crippen LogP contribution in [0.2, 0.25) is 0 Å². The topological polar surface area (TPSA) is 111 Å². The number of hydrogen-bond acceptors (Lipinski definition) is 9. The summed E-state index contributed by atoms with van der Waals surface area (Å²) in [4.78, 5) is 17.3.